The van der Waals surface area contributed by atoms with Crippen molar-refractivity contribution in [2.75, 3.05) is 13.2 Å². The molecule has 0 bridgehead atoms. The zero-order valence-electron chi connectivity index (χ0n) is 10.6. The van der Waals surface area contributed by atoms with Crippen molar-refractivity contribution in [1.82, 2.24) is 5.32 Å². The molecule has 0 atom stereocenters. The number of benzene rings is 1. The molecule has 0 spiro atoms. The summed E-state index contributed by atoms with van der Waals surface area (Å²) in [5, 5.41) is 12.4. The van der Waals surface area contributed by atoms with Gasteiger partial charge in [0.15, 0.2) is 5.57 Å². The molecular weight excluding hydrogens is 264 g/mol. The normalized spacial score (nSPS) is 10.7. The molecule has 5 heteroatoms. The second-order valence-electron chi connectivity index (χ2n) is 3.72. The van der Waals surface area contributed by atoms with Crippen LogP contribution in [0, 0.1) is 11.3 Å². The van der Waals surface area contributed by atoms with Crippen LogP contribution in [0.25, 0.3) is 0 Å². The molecule has 0 amide bonds. The summed E-state index contributed by atoms with van der Waals surface area (Å²) < 4.78 is 4.74. The third-order valence-electron chi connectivity index (χ3n) is 2.33. The lowest BCUT2D eigenvalue weighted by molar-refractivity contribution is -0.138. The number of nitriles is 1. The fourth-order valence-electron chi connectivity index (χ4n) is 1.39. The van der Waals surface area contributed by atoms with Gasteiger partial charge in [-0.05, 0) is 31.0 Å². The number of carbonyl (C=O) groups excluding carboxylic acids is 1. The molecule has 0 unspecified atom stereocenters. The van der Waals surface area contributed by atoms with Crippen LogP contribution in [-0.4, -0.2) is 19.1 Å². The number of nitrogens with zero attached hydrogens (tertiary/aromatic N) is 1. The summed E-state index contributed by atoms with van der Waals surface area (Å²) >= 11 is 5.79. The summed E-state index contributed by atoms with van der Waals surface area (Å²) in [6.07, 6.45) is 2.16. The number of carbonyl (C=O) groups is 1. The van der Waals surface area contributed by atoms with Crippen molar-refractivity contribution in [2.45, 2.75) is 13.3 Å². The van der Waals surface area contributed by atoms with Gasteiger partial charge in [0, 0.05) is 17.8 Å². The molecule has 1 aromatic rings. The predicted octanol–water partition coefficient (Wildman–Crippen LogP) is 2.44. The second kappa shape index (κ2) is 8.17. The molecule has 1 rings (SSSR count). The molecule has 1 aromatic carbocycles. The summed E-state index contributed by atoms with van der Waals surface area (Å²) in [6.45, 7) is 2.57. The molecule has 0 fully saturated rings. The van der Waals surface area contributed by atoms with Crippen molar-refractivity contribution >= 4 is 17.6 Å². The van der Waals surface area contributed by atoms with E-state index in [1.807, 2.05) is 24.3 Å². The lowest BCUT2D eigenvalue weighted by Gasteiger charge is -2.03. The van der Waals surface area contributed by atoms with Crippen molar-refractivity contribution in [1.29, 1.82) is 5.26 Å². The van der Waals surface area contributed by atoms with Gasteiger partial charge in [0.25, 0.3) is 0 Å². The van der Waals surface area contributed by atoms with E-state index >= 15 is 0 Å². The smallest absolute Gasteiger partial charge is 0.350 e. The molecule has 100 valence electrons. The summed E-state index contributed by atoms with van der Waals surface area (Å²) in [5.41, 5.74) is 1.10. The minimum Gasteiger partial charge on any atom is -0.462 e. The molecule has 0 heterocycles. The first kappa shape index (κ1) is 15.1. The number of ether oxygens (including phenoxy) is 1. The molecule has 0 aromatic heterocycles. The minimum absolute atomic E-state index is 0.0297. The van der Waals surface area contributed by atoms with Crippen molar-refractivity contribution < 1.29 is 9.53 Å². The highest BCUT2D eigenvalue weighted by Gasteiger charge is 2.08. The van der Waals surface area contributed by atoms with Gasteiger partial charge >= 0.3 is 5.97 Å². The Labute approximate surface area is 117 Å². The molecule has 0 aliphatic rings. The van der Waals surface area contributed by atoms with E-state index in [2.05, 4.69) is 5.32 Å². The molecule has 1 N–H and O–H groups in total. The maximum atomic E-state index is 11.3. The van der Waals surface area contributed by atoms with Gasteiger partial charge in [0.05, 0.1) is 6.61 Å². The van der Waals surface area contributed by atoms with Gasteiger partial charge in [-0.15, -0.1) is 0 Å². The van der Waals surface area contributed by atoms with Crippen LogP contribution >= 0.6 is 11.6 Å². The van der Waals surface area contributed by atoms with Crippen LogP contribution in [0.1, 0.15) is 12.5 Å². The molecule has 0 saturated heterocycles. The highest BCUT2D eigenvalue weighted by atomic mass is 35.5. The fourth-order valence-corrected chi connectivity index (χ4v) is 1.51. The van der Waals surface area contributed by atoms with Gasteiger partial charge in [-0.2, -0.15) is 5.26 Å². The van der Waals surface area contributed by atoms with E-state index in [-0.39, 0.29) is 12.2 Å². The Morgan fingerprint density at radius 2 is 2.16 bits per heavy atom. The highest BCUT2D eigenvalue weighted by molar-refractivity contribution is 6.30. The molecule has 4 nitrogen and oxygen atoms in total. The van der Waals surface area contributed by atoms with Crippen molar-refractivity contribution in [3.8, 4) is 6.07 Å². The van der Waals surface area contributed by atoms with E-state index < -0.39 is 5.97 Å². The van der Waals surface area contributed by atoms with Crippen LogP contribution in [0.2, 0.25) is 5.02 Å². The predicted molar refractivity (Wildman–Crippen MR) is 73.5 cm³/mol. The van der Waals surface area contributed by atoms with Crippen LogP contribution in [-0.2, 0) is 16.0 Å². The molecule has 0 saturated carbocycles. The average Bonchev–Trinajstić information content (AvgIpc) is 2.41. The Morgan fingerprint density at radius 1 is 1.47 bits per heavy atom. The maximum Gasteiger partial charge on any atom is 0.350 e. The molecule has 0 aliphatic carbocycles. The topological polar surface area (TPSA) is 62.1 Å². The molecule has 0 radical (unpaired) electrons. The third kappa shape index (κ3) is 5.45. The Hall–Kier alpha value is -1.99. The summed E-state index contributed by atoms with van der Waals surface area (Å²) in [6, 6.07) is 9.32. The van der Waals surface area contributed by atoms with E-state index in [4.69, 9.17) is 21.6 Å². The average molecular weight is 279 g/mol. The van der Waals surface area contributed by atoms with Crippen molar-refractivity contribution in [3.63, 3.8) is 0 Å². The largest absolute Gasteiger partial charge is 0.462 e. The van der Waals surface area contributed by atoms with Crippen molar-refractivity contribution in [3.05, 3.63) is 46.6 Å². The van der Waals surface area contributed by atoms with E-state index in [0.717, 1.165) is 12.0 Å². The number of hydrogen-bond donors (Lipinski definition) is 1. The van der Waals surface area contributed by atoms with Gasteiger partial charge in [0.2, 0.25) is 0 Å². The first-order valence-corrected chi connectivity index (χ1v) is 6.30. The monoisotopic (exact) mass is 278 g/mol. The van der Waals surface area contributed by atoms with Gasteiger partial charge < -0.3 is 10.1 Å². The number of halogens is 1. The third-order valence-corrected chi connectivity index (χ3v) is 2.59. The number of rotatable bonds is 6. The molecular formula is C14H15ClN2O2. The van der Waals surface area contributed by atoms with Gasteiger partial charge in [-0.1, -0.05) is 23.7 Å². The molecule has 0 aliphatic heterocycles. The standard InChI is InChI=1S/C14H15ClN2O2/c1-2-19-14(18)12(9-16)10-17-8-7-11-3-5-13(15)6-4-11/h3-6,10,17H,2,7-8H2,1H3. The first-order valence-electron chi connectivity index (χ1n) is 5.92. The van der Waals surface area contributed by atoms with Crippen LogP contribution in [0.15, 0.2) is 36.0 Å². The Balaban J connectivity index is 2.42. The summed E-state index contributed by atoms with van der Waals surface area (Å²) in [4.78, 5) is 11.3. The maximum absolute atomic E-state index is 11.3. The van der Waals surface area contributed by atoms with E-state index in [9.17, 15) is 4.79 Å². The summed E-state index contributed by atoms with van der Waals surface area (Å²) in [5.74, 6) is -0.607. The van der Waals surface area contributed by atoms with Crippen LogP contribution in [0.4, 0.5) is 0 Å². The summed E-state index contributed by atoms with van der Waals surface area (Å²) in [7, 11) is 0. The van der Waals surface area contributed by atoms with E-state index in [1.54, 1.807) is 13.0 Å². The Kier molecular flexibility index (Phi) is 6.48. The highest BCUT2D eigenvalue weighted by Crippen LogP contribution is 2.09. The van der Waals surface area contributed by atoms with Crippen LogP contribution in [0.5, 0.6) is 0 Å². The molecule has 19 heavy (non-hydrogen) atoms. The zero-order valence-corrected chi connectivity index (χ0v) is 11.4. The first-order chi connectivity index (χ1) is 9.17. The quantitative estimate of drug-likeness (QED) is 0.376. The van der Waals surface area contributed by atoms with Gasteiger partial charge in [-0.3, -0.25) is 0 Å². The number of nitrogens with one attached hydrogen (secondary N) is 1. The Morgan fingerprint density at radius 3 is 2.74 bits per heavy atom. The Bertz CT molecular complexity index is 489. The zero-order chi connectivity index (χ0) is 14.1. The lowest BCUT2D eigenvalue weighted by Crippen LogP contribution is -2.14. The van der Waals surface area contributed by atoms with Crippen LogP contribution < -0.4 is 5.32 Å². The lowest BCUT2D eigenvalue weighted by atomic mass is 10.1. The minimum atomic E-state index is -0.607. The van der Waals surface area contributed by atoms with Gasteiger partial charge in [0.1, 0.15) is 6.07 Å². The van der Waals surface area contributed by atoms with Gasteiger partial charge in [-0.25, -0.2) is 4.79 Å². The van der Waals surface area contributed by atoms with Crippen molar-refractivity contribution in [2.24, 2.45) is 0 Å². The SMILES string of the molecule is CCOC(=O)C(C#N)=CNCCc1ccc(Cl)cc1. The fraction of sp³-hybridized carbons (Fsp3) is 0.286. The second-order valence-corrected chi connectivity index (χ2v) is 4.16. The van der Waals surface area contributed by atoms with Crippen LogP contribution in [0.3, 0.4) is 0 Å². The van der Waals surface area contributed by atoms with E-state index in [0.29, 0.717) is 11.6 Å². The number of esters is 1. The number of hydrogen-bond acceptors (Lipinski definition) is 4. The van der Waals surface area contributed by atoms with E-state index in [1.165, 1.54) is 6.20 Å².